The molecule has 1 fully saturated rings. The van der Waals surface area contributed by atoms with Gasteiger partial charge in [-0.05, 0) is 19.1 Å². The lowest BCUT2D eigenvalue weighted by Crippen LogP contribution is -2.37. The first-order valence-electron chi connectivity index (χ1n) is 10.3. The van der Waals surface area contributed by atoms with Crippen molar-refractivity contribution in [2.45, 2.75) is 19.9 Å². The molecule has 0 atom stereocenters. The Kier molecular flexibility index (Phi) is 5.71. The van der Waals surface area contributed by atoms with Crippen molar-refractivity contribution >= 4 is 34.4 Å². The molecule has 0 aliphatic carbocycles. The fourth-order valence-corrected chi connectivity index (χ4v) is 5.37. The van der Waals surface area contributed by atoms with Gasteiger partial charge in [-0.15, -0.1) is 21.5 Å². The molecule has 1 aromatic carbocycles. The summed E-state index contributed by atoms with van der Waals surface area (Å²) in [6, 6.07) is 9.62. The number of aromatic nitrogens is 3. The van der Waals surface area contributed by atoms with Crippen LogP contribution in [-0.4, -0.2) is 64.0 Å². The van der Waals surface area contributed by atoms with Crippen molar-refractivity contribution in [3.63, 3.8) is 0 Å². The van der Waals surface area contributed by atoms with E-state index in [0.29, 0.717) is 18.0 Å². The topological polar surface area (TPSA) is 72.6 Å². The number of thiophene rings is 1. The van der Waals surface area contributed by atoms with Gasteiger partial charge in [0.15, 0.2) is 11.6 Å². The van der Waals surface area contributed by atoms with E-state index in [0.717, 1.165) is 71.2 Å². The molecule has 3 aromatic rings. The van der Waals surface area contributed by atoms with Crippen LogP contribution in [0.4, 0.5) is 0 Å². The van der Waals surface area contributed by atoms with E-state index >= 15 is 0 Å². The lowest BCUT2D eigenvalue weighted by molar-refractivity contribution is 0.0370. The van der Waals surface area contributed by atoms with Gasteiger partial charge in [-0.25, -0.2) is 0 Å². The van der Waals surface area contributed by atoms with E-state index in [4.69, 9.17) is 21.3 Å². The molecular weight excluding hydrogens is 434 g/mol. The van der Waals surface area contributed by atoms with E-state index in [9.17, 15) is 4.79 Å². The second-order valence-electron chi connectivity index (χ2n) is 7.60. The average Bonchev–Trinajstić information content (AvgIpc) is 3.34. The Morgan fingerprint density at radius 3 is 2.81 bits per heavy atom. The Morgan fingerprint density at radius 1 is 1.19 bits per heavy atom. The second kappa shape index (κ2) is 8.63. The first-order valence-corrected chi connectivity index (χ1v) is 11.5. The Hall–Kier alpha value is -2.39. The van der Waals surface area contributed by atoms with Crippen molar-refractivity contribution in [1.29, 1.82) is 0 Å². The number of hydrogen-bond acceptors (Lipinski definition) is 7. The van der Waals surface area contributed by atoms with Crippen LogP contribution in [0.3, 0.4) is 0 Å². The zero-order valence-corrected chi connectivity index (χ0v) is 18.7. The van der Waals surface area contributed by atoms with E-state index in [1.54, 1.807) is 0 Å². The second-order valence-corrected chi connectivity index (χ2v) is 9.04. The van der Waals surface area contributed by atoms with Crippen LogP contribution in [0.1, 0.15) is 38.9 Å². The molecule has 2 aliphatic rings. The van der Waals surface area contributed by atoms with E-state index in [1.165, 1.54) is 11.3 Å². The Bertz CT molecular complexity index is 1160. The van der Waals surface area contributed by atoms with E-state index in [2.05, 4.69) is 15.1 Å². The number of morpholine rings is 1. The van der Waals surface area contributed by atoms with Crippen LogP contribution in [-0.2, 0) is 11.3 Å². The summed E-state index contributed by atoms with van der Waals surface area (Å²) in [5.41, 5.74) is 2.54. The summed E-state index contributed by atoms with van der Waals surface area (Å²) in [5.74, 6) is 1.67. The van der Waals surface area contributed by atoms with Crippen molar-refractivity contribution in [2.24, 2.45) is 4.99 Å². The van der Waals surface area contributed by atoms with Crippen molar-refractivity contribution in [1.82, 2.24) is 19.7 Å². The molecule has 0 bridgehead atoms. The van der Waals surface area contributed by atoms with Gasteiger partial charge in [0.1, 0.15) is 17.4 Å². The summed E-state index contributed by atoms with van der Waals surface area (Å²) < 4.78 is 7.40. The molecule has 160 valence electrons. The Morgan fingerprint density at radius 2 is 2.00 bits per heavy atom. The number of Topliss-reactive ketones (excluding diaryl/α,β-unsaturated/α-hetero) is 1. The molecule has 0 unspecified atom stereocenters. The predicted octanol–water partition coefficient (Wildman–Crippen LogP) is 3.55. The molecule has 0 saturated carbocycles. The van der Waals surface area contributed by atoms with Gasteiger partial charge < -0.3 is 4.74 Å². The molecule has 4 heterocycles. The summed E-state index contributed by atoms with van der Waals surface area (Å²) in [7, 11) is 0. The Balaban J connectivity index is 1.51. The maximum atomic E-state index is 13.1. The van der Waals surface area contributed by atoms with E-state index < -0.39 is 0 Å². The number of ketones is 1. The zero-order valence-electron chi connectivity index (χ0n) is 17.2. The Labute approximate surface area is 189 Å². The fraction of sp³-hybridized carbons (Fsp3) is 0.364. The van der Waals surface area contributed by atoms with Crippen LogP contribution in [0, 0.1) is 6.92 Å². The average molecular weight is 456 g/mol. The molecular formula is C22H22ClN5O2S. The van der Waals surface area contributed by atoms with Gasteiger partial charge in [0.25, 0.3) is 0 Å². The monoisotopic (exact) mass is 455 g/mol. The van der Waals surface area contributed by atoms with Crippen molar-refractivity contribution in [3.8, 4) is 5.00 Å². The van der Waals surface area contributed by atoms with Crippen LogP contribution in [0.15, 0.2) is 35.3 Å². The lowest BCUT2D eigenvalue weighted by atomic mass is 10.0. The number of nitrogens with zero attached hydrogens (tertiary/aromatic N) is 5. The van der Waals surface area contributed by atoms with Crippen LogP contribution in [0.5, 0.6) is 0 Å². The SMILES string of the molecule is Cc1nnc2n1-c1sc(C(=O)CCN3CCOCC3)cc1C(c1ccccc1Cl)=NC2. The number of carbonyl (C=O) groups is 1. The molecule has 0 radical (unpaired) electrons. The maximum Gasteiger partial charge on any atom is 0.174 e. The number of carbonyl (C=O) groups excluding carboxylic acids is 1. The molecule has 0 amide bonds. The van der Waals surface area contributed by atoms with Gasteiger partial charge >= 0.3 is 0 Å². The zero-order chi connectivity index (χ0) is 21.4. The van der Waals surface area contributed by atoms with Gasteiger partial charge in [0, 0.05) is 42.2 Å². The van der Waals surface area contributed by atoms with Crippen LogP contribution in [0.25, 0.3) is 5.00 Å². The van der Waals surface area contributed by atoms with Gasteiger partial charge in [0.05, 0.1) is 23.8 Å². The molecule has 5 rings (SSSR count). The number of rotatable bonds is 5. The molecule has 2 aliphatic heterocycles. The molecule has 0 N–H and O–H groups in total. The van der Waals surface area contributed by atoms with Gasteiger partial charge in [-0.3, -0.25) is 19.3 Å². The highest BCUT2D eigenvalue weighted by molar-refractivity contribution is 7.17. The molecule has 2 aromatic heterocycles. The number of aryl methyl sites for hydroxylation is 1. The number of hydrogen-bond donors (Lipinski definition) is 0. The summed E-state index contributed by atoms with van der Waals surface area (Å²) in [4.78, 5) is 20.9. The van der Waals surface area contributed by atoms with Crippen LogP contribution in [0.2, 0.25) is 5.02 Å². The summed E-state index contributed by atoms with van der Waals surface area (Å²) in [5, 5.41) is 10.1. The lowest BCUT2D eigenvalue weighted by Gasteiger charge is -2.26. The number of fused-ring (bicyclic) bond motifs is 3. The number of ether oxygens (including phenoxy) is 1. The normalized spacial score (nSPS) is 16.4. The highest BCUT2D eigenvalue weighted by Crippen LogP contribution is 2.35. The van der Waals surface area contributed by atoms with E-state index in [1.807, 2.05) is 41.8 Å². The highest BCUT2D eigenvalue weighted by atomic mass is 35.5. The van der Waals surface area contributed by atoms with Gasteiger partial charge in [-0.1, -0.05) is 29.8 Å². The highest BCUT2D eigenvalue weighted by Gasteiger charge is 2.27. The third kappa shape index (κ3) is 3.96. The first-order chi connectivity index (χ1) is 15.1. The van der Waals surface area contributed by atoms with Gasteiger partial charge in [0.2, 0.25) is 0 Å². The number of halogens is 1. The third-order valence-electron chi connectivity index (χ3n) is 5.60. The smallest absolute Gasteiger partial charge is 0.174 e. The molecule has 0 spiro atoms. The predicted molar refractivity (Wildman–Crippen MR) is 121 cm³/mol. The summed E-state index contributed by atoms with van der Waals surface area (Å²) in [6.07, 6.45) is 0.478. The largest absolute Gasteiger partial charge is 0.379 e. The van der Waals surface area contributed by atoms with Crippen molar-refractivity contribution in [3.05, 3.63) is 63.0 Å². The number of aliphatic imine (C=N–C) groups is 1. The maximum absolute atomic E-state index is 13.1. The van der Waals surface area contributed by atoms with Gasteiger partial charge in [-0.2, -0.15) is 0 Å². The van der Waals surface area contributed by atoms with Crippen LogP contribution >= 0.6 is 22.9 Å². The van der Waals surface area contributed by atoms with Crippen molar-refractivity contribution < 1.29 is 9.53 Å². The molecule has 31 heavy (non-hydrogen) atoms. The molecule has 9 heteroatoms. The summed E-state index contributed by atoms with van der Waals surface area (Å²) in [6.45, 7) is 6.28. The minimum Gasteiger partial charge on any atom is -0.379 e. The van der Waals surface area contributed by atoms with Crippen molar-refractivity contribution in [2.75, 3.05) is 32.8 Å². The van der Waals surface area contributed by atoms with E-state index in [-0.39, 0.29) is 5.78 Å². The molecule has 7 nitrogen and oxygen atoms in total. The first kappa shape index (κ1) is 20.5. The number of benzene rings is 1. The minimum absolute atomic E-state index is 0.135. The van der Waals surface area contributed by atoms with Crippen LogP contribution < -0.4 is 0 Å². The third-order valence-corrected chi connectivity index (χ3v) is 7.09. The fourth-order valence-electron chi connectivity index (χ4n) is 3.95. The molecule has 1 saturated heterocycles. The quantitative estimate of drug-likeness (QED) is 0.550. The minimum atomic E-state index is 0.135. The standard InChI is InChI=1S/C22H22ClN5O2S/c1-14-25-26-20-13-24-21(15-4-2-3-5-17(15)23)16-12-19(31-22(16)28(14)20)18(29)6-7-27-8-10-30-11-9-27/h2-5,12H,6-11,13H2,1H3. The summed E-state index contributed by atoms with van der Waals surface area (Å²) >= 11 is 7.98.